The van der Waals surface area contributed by atoms with Crippen LogP contribution in [-0.4, -0.2) is 37.2 Å². The molecule has 0 rings (SSSR count). The summed E-state index contributed by atoms with van der Waals surface area (Å²) < 4.78 is 16.7. The quantitative estimate of drug-likeness (QED) is 0.0200. The Bertz CT molecular complexity index is 1190. The van der Waals surface area contributed by atoms with Gasteiger partial charge in [-0.15, -0.1) is 0 Å². The van der Waals surface area contributed by atoms with Gasteiger partial charge in [-0.25, -0.2) is 0 Å². The van der Waals surface area contributed by atoms with Gasteiger partial charge >= 0.3 is 17.9 Å². The van der Waals surface area contributed by atoms with Gasteiger partial charge in [0.15, 0.2) is 6.10 Å². The molecule has 0 amide bonds. The van der Waals surface area contributed by atoms with Gasteiger partial charge in [-0.05, 0) is 103 Å². The third-order valence-electron chi connectivity index (χ3n) is 10.1. The van der Waals surface area contributed by atoms with Crippen LogP contribution in [0.15, 0.2) is 85.1 Å². The lowest BCUT2D eigenvalue weighted by Gasteiger charge is -2.18. The van der Waals surface area contributed by atoms with Crippen molar-refractivity contribution in [2.24, 2.45) is 0 Å². The molecule has 6 heteroatoms. The molecule has 0 saturated carbocycles. The molecule has 1 unspecified atom stereocenters. The Morgan fingerprint density at radius 2 is 0.717 bits per heavy atom. The number of carbonyl (C=O) groups is 3. The van der Waals surface area contributed by atoms with Crippen molar-refractivity contribution in [1.29, 1.82) is 0 Å². The number of esters is 3. The van der Waals surface area contributed by atoms with E-state index in [2.05, 4.69) is 106 Å². The first-order chi connectivity index (χ1) is 29.5. The van der Waals surface area contributed by atoms with E-state index in [0.717, 1.165) is 122 Å². The first-order valence-corrected chi connectivity index (χ1v) is 24.6. The lowest BCUT2D eigenvalue weighted by atomic mass is 10.1. The van der Waals surface area contributed by atoms with Crippen LogP contribution < -0.4 is 0 Å². The molecule has 0 bridgehead atoms. The van der Waals surface area contributed by atoms with Crippen molar-refractivity contribution in [1.82, 2.24) is 0 Å². The highest BCUT2D eigenvalue weighted by Gasteiger charge is 2.19. The van der Waals surface area contributed by atoms with E-state index in [9.17, 15) is 14.4 Å². The highest BCUT2D eigenvalue weighted by Crippen LogP contribution is 2.13. The van der Waals surface area contributed by atoms with Crippen LogP contribution in [0.3, 0.4) is 0 Å². The minimum atomic E-state index is -0.796. The summed E-state index contributed by atoms with van der Waals surface area (Å²) in [7, 11) is 0. The summed E-state index contributed by atoms with van der Waals surface area (Å²) in [5, 5.41) is 0. The molecule has 1 atom stereocenters. The van der Waals surface area contributed by atoms with Gasteiger partial charge in [0, 0.05) is 19.3 Å². The Hall–Kier alpha value is -3.41. The van der Waals surface area contributed by atoms with E-state index >= 15 is 0 Å². The molecule has 0 aliphatic heterocycles. The molecule has 0 N–H and O–H groups in total. The van der Waals surface area contributed by atoms with Crippen molar-refractivity contribution >= 4 is 17.9 Å². The lowest BCUT2D eigenvalue weighted by Crippen LogP contribution is -2.30. The molecular formula is C54H90O6. The van der Waals surface area contributed by atoms with Crippen LogP contribution in [0, 0.1) is 0 Å². The predicted molar refractivity (Wildman–Crippen MR) is 256 cm³/mol. The minimum absolute atomic E-state index is 0.0969. The summed E-state index contributed by atoms with van der Waals surface area (Å²) in [6, 6.07) is 0. The van der Waals surface area contributed by atoms with Gasteiger partial charge in [0.05, 0.1) is 0 Å². The molecule has 0 aromatic heterocycles. The van der Waals surface area contributed by atoms with Crippen LogP contribution >= 0.6 is 0 Å². The molecule has 0 heterocycles. The number of allylic oxidation sites excluding steroid dienone is 14. The number of rotatable bonds is 43. The van der Waals surface area contributed by atoms with Gasteiger partial charge in [-0.2, -0.15) is 0 Å². The molecule has 0 aromatic carbocycles. The van der Waals surface area contributed by atoms with E-state index < -0.39 is 6.10 Å². The number of hydrogen-bond donors (Lipinski definition) is 0. The average molecular weight is 835 g/mol. The van der Waals surface area contributed by atoms with E-state index in [1.165, 1.54) is 57.8 Å². The third kappa shape index (κ3) is 45.7. The average Bonchev–Trinajstić information content (AvgIpc) is 3.24. The molecular weight excluding hydrogens is 745 g/mol. The maximum Gasteiger partial charge on any atom is 0.306 e. The second-order valence-corrected chi connectivity index (χ2v) is 16.0. The highest BCUT2D eigenvalue weighted by molar-refractivity contribution is 5.71. The van der Waals surface area contributed by atoms with E-state index in [-0.39, 0.29) is 31.1 Å². The SMILES string of the molecule is CC/C=C\C/C=C\C/C=C\C/C=C\CCCCCCCCC(=O)OCC(COC(=O)CCCCC/C=C\C=C/CCCC)OC(=O)CCCCCCC/C=C\CCCCC. The number of hydrogen-bond acceptors (Lipinski definition) is 6. The molecule has 0 fully saturated rings. The second kappa shape index (κ2) is 48.3. The van der Waals surface area contributed by atoms with E-state index in [1.54, 1.807) is 0 Å². The van der Waals surface area contributed by atoms with Gasteiger partial charge in [0.1, 0.15) is 13.2 Å². The molecule has 60 heavy (non-hydrogen) atoms. The fourth-order valence-electron chi connectivity index (χ4n) is 6.40. The van der Waals surface area contributed by atoms with Crippen LogP contribution in [0.25, 0.3) is 0 Å². The monoisotopic (exact) mass is 835 g/mol. The van der Waals surface area contributed by atoms with E-state index in [0.29, 0.717) is 19.3 Å². The summed E-state index contributed by atoms with van der Waals surface area (Å²) in [6.45, 7) is 6.39. The van der Waals surface area contributed by atoms with Crippen molar-refractivity contribution in [3.05, 3.63) is 85.1 Å². The molecule has 0 aliphatic carbocycles. The summed E-state index contributed by atoms with van der Waals surface area (Å²) in [6.07, 6.45) is 61.4. The zero-order valence-corrected chi connectivity index (χ0v) is 38.9. The van der Waals surface area contributed by atoms with Crippen molar-refractivity contribution in [3.63, 3.8) is 0 Å². The Morgan fingerprint density at radius 1 is 0.367 bits per heavy atom. The highest BCUT2D eigenvalue weighted by atomic mass is 16.6. The zero-order valence-electron chi connectivity index (χ0n) is 38.9. The smallest absolute Gasteiger partial charge is 0.306 e. The van der Waals surface area contributed by atoms with Crippen LogP contribution in [0.1, 0.15) is 220 Å². The number of carbonyl (C=O) groups excluding carboxylic acids is 3. The fourth-order valence-corrected chi connectivity index (χ4v) is 6.40. The van der Waals surface area contributed by atoms with Crippen molar-refractivity contribution in [3.8, 4) is 0 Å². The van der Waals surface area contributed by atoms with Gasteiger partial charge in [0.2, 0.25) is 0 Å². The maximum atomic E-state index is 12.7. The molecule has 6 nitrogen and oxygen atoms in total. The number of ether oxygens (including phenoxy) is 3. The Kier molecular flexibility index (Phi) is 45.5. The summed E-state index contributed by atoms with van der Waals surface area (Å²) in [5.41, 5.74) is 0. The van der Waals surface area contributed by atoms with Crippen molar-refractivity contribution in [2.75, 3.05) is 13.2 Å². The molecule has 0 aliphatic rings. The fraction of sp³-hybridized carbons (Fsp3) is 0.685. The summed E-state index contributed by atoms with van der Waals surface area (Å²) >= 11 is 0. The molecule has 342 valence electrons. The summed E-state index contributed by atoms with van der Waals surface area (Å²) in [5.74, 6) is -0.952. The largest absolute Gasteiger partial charge is 0.462 e. The lowest BCUT2D eigenvalue weighted by molar-refractivity contribution is -0.167. The Morgan fingerprint density at radius 3 is 1.20 bits per heavy atom. The van der Waals surface area contributed by atoms with Crippen molar-refractivity contribution in [2.45, 2.75) is 226 Å². The topological polar surface area (TPSA) is 78.9 Å². The Balaban J connectivity index is 4.41. The van der Waals surface area contributed by atoms with Gasteiger partial charge in [-0.1, -0.05) is 183 Å². The molecule has 0 spiro atoms. The Labute approximate surface area is 369 Å². The van der Waals surface area contributed by atoms with Crippen LogP contribution in [0.4, 0.5) is 0 Å². The zero-order chi connectivity index (χ0) is 43.7. The first-order valence-electron chi connectivity index (χ1n) is 24.6. The van der Waals surface area contributed by atoms with Crippen molar-refractivity contribution < 1.29 is 28.6 Å². The number of unbranched alkanes of at least 4 members (excludes halogenated alkanes) is 19. The van der Waals surface area contributed by atoms with Crippen LogP contribution in [0.2, 0.25) is 0 Å². The van der Waals surface area contributed by atoms with Crippen LogP contribution in [0.5, 0.6) is 0 Å². The predicted octanol–water partition coefficient (Wildman–Crippen LogP) is 16.0. The molecule has 0 aromatic rings. The minimum Gasteiger partial charge on any atom is -0.462 e. The van der Waals surface area contributed by atoms with Crippen LogP contribution in [-0.2, 0) is 28.6 Å². The van der Waals surface area contributed by atoms with Gasteiger partial charge in [-0.3, -0.25) is 14.4 Å². The van der Waals surface area contributed by atoms with E-state index in [1.807, 2.05) is 0 Å². The van der Waals surface area contributed by atoms with E-state index in [4.69, 9.17) is 14.2 Å². The van der Waals surface area contributed by atoms with Gasteiger partial charge < -0.3 is 14.2 Å². The molecule has 0 saturated heterocycles. The van der Waals surface area contributed by atoms with Gasteiger partial charge in [0.25, 0.3) is 0 Å². The maximum absolute atomic E-state index is 12.7. The first kappa shape index (κ1) is 56.6. The standard InChI is InChI=1S/C54H90O6/c1-4-7-10-13-16-19-22-24-25-26-27-28-29-30-33-35-38-41-44-47-53(56)59-50-51(49-58-52(55)46-43-40-37-34-31-21-18-15-12-9-6-3)60-54(57)48-45-42-39-36-32-23-20-17-14-11-8-5-2/h7,10,15-21,24-25,27-28,31,51H,4-6,8-9,11-14,22-23,26,29-30,32-50H2,1-3H3/b10-7-,18-15-,19-16-,20-17-,25-24-,28-27-,31-21-. The second-order valence-electron chi connectivity index (χ2n) is 16.0. The normalized spacial score (nSPS) is 12.8. The summed E-state index contributed by atoms with van der Waals surface area (Å²) in [4.78, 5) is 37.8. The third-order valence-corrected chi connectivity index (χ3v) is 10.1. The molecule has 0 radical (unpaired) electrons.